The van der Waals surface area contributed by atoms with Crippen LogP contribution >= 0.6 is 35.0 Å². The summed E-state index contributed by atoms with van der Waals surface area (Å²) in [5.74, 6) is 0.670. The van der Waals surface area contributed by atoms with Gasteiger partial charge in [0.25, 0.3) is 6.47 Å². The van der Waals surface area contributed by atoms with Gasteiger partial charge in [-0.1, -0.05) is 35.0 Å². The molecule has 1 saturated heterocycles. The van der Waals surface area contributed by atoms with Crippen LogP contribution < -0.4 is 0 Å². The van der Waals surface area contributed by atoms with Crippen molar-refractivity contribution in [2.75, 3.05) is 33.2 Å². The first-order chi connectivity index (χ1) is 13.2. The lowest BCUT2D eigenvalue weighted by Gasteiger charge is -2.33. The van der Waals surface area contributed by atoms with Crippen molar-refractivity contribution in [3.8, 4) is 0 Å². The summed E-state index contributed by atoms with van der Waals surface area (Å²) in [6, 6.07) is 1.65. The molecule has 1 aromatic heterocycles. The number of aromatic nitrogens is 1. The maximum atomic E-state index is 9.60. The topological polar surface area (TPSA) is 70.4 Å². The molecule has 0 spiro atoms. The first-order valence-corrected chi connectivity index (χ1v) is 10.4. The lowest BCUT2D eigenvalue weighted by Crippen LogP contribution is -2.46. The SMILES string of the molecule is C=N/N=C(\SCc1cnc(Cl)cc1Cl)N1CCN(C)CC1.CC(C)(C)OC=O. The van der Waals surface area contributed by atoms with Gasteiger partial charge in [0.15, 0.2) is 5.17 Å². The number of rotatable bonds is 4. The third kappa shape index (κ3) is 9.73. The van der Waals surface area contributed by atoms with E-state index in [9.17, 15) is 4.79 Å². The van der Waals surface area contributed by atoms with E-state index in [1.54, 1.807) is 24.0 Å². The predicted octanol–water partition coefficient (Wildman–Crippen LogP) is 3.80. The van der Waals surface area contributed by atoms with Crippen LogP contribution in [-0.2, 0) is 15.3 Å². The second-order valence-corrected chi connectivity index (χ2v) is 8.76. The van der Waals surface area contributed by atoms with E-state index in [0.717, 1.165) is 36.9 Å². The number of hydrogen-bond donors (Lipinski definition) is 0. The van der Waals surface area contributed by atoms with Gasteiger partial charge in [0.2, 0.25) is 0 Å². The fourth-order valence-corrected chi connectivity index (χ4v) is 3.58. The van der Waals surface area contributed by atoms with Crippen LogP contribution in [0.2, 0.25) is 10.2 Å². The summed E-state index contributed by atoms with van der Waals surface area (Å²) in [5.41, 5.74) is 0.610. The van der Waals surface area contributed by atoms with Crippen molar-refractivity contribution in [1.82, 2.24) is 14.8 Å². The van der Waals surface area contributed by atoms with Crippen molar-refractivity contribution >= 4 is 53.3 Å². The lowest BCUT2D eigenvalue weighted by atomic mass is 10.2. The van der Waals surface area contributed by atoms with Crippen molar-refractivity contribution in [3.05, 3.63) is 28.0 Å². The monoisotopic (exact) mass is 447 g/mol. The van der Waals surface area contributed by atoms with Crippen LogP contribution in [-0.4, -0.2) is 72.0 Å². The van der Waals surface area contributed by atoms with Gasteiger partial charge in [-0.05, 0) is 39.4 Å². The highest BCUT2D eigenvalue weighted by Gasteiger charge is 2.18. The minimum Gasteiger partial charge on any atom is -0.462 e. The first-order valence-electron chi connectivity index (χ1n) is 8.67. The molecule has 2 rings (SSSR count). The Morgan fingerprint density at radius 3 is 2.46 bits per heavy atom. The van der Waals surface area contributed by atoms with Gasteiger partial charge < -0.3 is 14.5 Å². The molecule has 1 fully saturated rings. The van der Waals surface area contributed by atoms with Crippen LogP contribution in [0.3, 0.4) is 0 Å². The van der Waals surface area contributed by atoms with Gasteiger partial charge in [-0.15, -0.1) is 5.10 Å². The lowest BCUT2D eigenvalue weighted by molar-refractivity contribution is -0.138. The number of nitrogens with zero attached hydrogens (tertiary/aromatic N) is 5. The van der Waals surface area contributed by atoms with E-state index in [-0.39, 0.29) is 5.60 Å². The van der Waals surface area contributed by atoms with Crippen molar-refractivity contribution in [1.29, 1.82) is 0 Å². The number of piperazine rings is 1. The summed E-state index contributed by atoms with van der Waals surface area (Å²) < 4.78 is 4.55. The van der Waals surface area contributed by atoms with Gasteiger partial charge in [-0.3, -0.25) is 4.79 Å². The zero-order valence-corrected chi connectivity index (χ0v) is 19.0. The van der Waals surface area contributed by atoms with E-state index < -0.39 is 0 Å². The molecule has 0 N–H and O–H groups in total. The van der Waals surface area contributed by atoms with E-state index in [4.69, 9.17) is 23.2 Å². The Balaban J connectivity index is 0.000000480. The predicted molar refractivity (Wildman–Crippen MR) is 119 cm³/mol. The van der Waals surface area contributed by atoms with E-state index in [1.807, 2.05) is 20.8 Å². The van der Waals surface area contributed by atoms with Crippen LogP contribution in [0.4, 0.5) is 0 Å². The quantitative estimate of drug-likeness (QED) is 0.230. The molecule has 156 valence electrons. The molecule has 1 aliphatic heterocycles. The Labute approximate surface area is 181 Å². The summed E-state index contributed by atoms with van der Waals surface area (Å²) in [7, 11) is 2.12. The van der Waals surface area contributed by atoms with E-state index in [0.29, 0.717) is 22.4 Å². The number of halogens is 2. The molecule has 7 nitrogen and oxygen atoms in total. The molecular formula is C18H27Cl2N5O2S. The second kappa shape index (κ2) is 12.3. The summed E-state index contributed by atoms with van der Waals surface area (Å²) in [5, 5.41) is 9.70. The van der Waals surface area contributed by atoms with Crippen molar-refractivity contribution in [3.63, 3.8) is 0 Å². The zero-order valence-electron chi connectivity index (χ0n) is 16.7. The molecule has 0 aliphatic carbocycles. The van der Waals surface area contributed by atoms with Crippen molar-refractivity contribution in [2.45, 2.75) is 32.1 Å². The van der Waals surface area contributed by atoms with Gasteiger partial charge in [-0.2, -0.15) is 5.10 Å². The molecule has 10 heteroatoms. The fourth-order valence-electron chi connectivity index (χ4n) is 2.07. The molecule has 0 unspecified atom stereocenters. The number of amidine groups is 1. The van der Waals surface area contributed by atoms with Gasteiger partial charge in [-0.25, -0.2) is 4.98 Å². The molecule has 1 aromatic rings. The molecule has 0 atom stereocenters. The second-order valence-electron chi connectivity index (χ2n) is 7.03. The van der Waals surface area contributed by atoms with Gasteiger partial charge in [0.05, 0.1) is 0 Å². The van der Waals surface area contributed by atoms with E-state index in [1.165, 1.54) is 0 Å². The van der Waals surface area contributed by atoms with Crippen LogP contribution in [0.1, 0.15) is 26.3 Å². The Morgan fingerprint density at radius 1 is 1.36 bits per heavy atom. The molecule has 0 radical (unpaired) electrons. The highest BCUT2D eigenvalue weighted by atomic mass is 35.5. The maximum Gasteiger partial charge on any atom is 0.293 e. The summed E-state index contributed by atoms with van der Waals surface area (Å²) >= 11 is 13.5. The number of carbonyl (C=O) groups is 1. The van der Waals surface area contributed by atoms with Gasteiger partial charge >= 0.3 is 0 Å². The number of hydrogen-bond acceptors (Lipinski definition) is 7. The Kier molecular flexibility index (Phi) is 10.8. The zero-order chi connectivity index (χ0) is 21.2. The number of likely N-dealkylation sites (N-methyl/N-ethyl adjacent to an activating group) is 1. The fraction of sp³-hybridized carbons (Fsp3) is 0.556. The third-order valence-corrected chi connectivity index (χ3v) is 5.20. The molecule has 0 amide bonds. The van der Waals surface area contributed by atoms with Crippen molar-refractivity contribution in [2.24, 2.45) is 10.2 Å². The number of thioether (sulfide) groups is 1. The maximum absolute atomic E-state index is 9.60. The van der Waals surface area contributed by atoms with Crippen LogP contribution in [0.25, 0.3) is 0 Å². The van der Waals surface area contributed by atoms with Crippen LogP contribution in [0.5, 0.6) is 0 Å². The van der Waals surface area contributed by atoms with Crippen LogP contribution in [0.15, 0.2) is 22.5 Å². The Morgan fingerprint density at radius 2 is 2.00 bits per heavy atom. The number of pyridine rings is 1. The van der Waals surface area contributed by atoms with Gasteiger partial charge in [0, 0.05) is 49.9 Å². The minimum atomic E-state index is -0.318. The molecule has 28 heavy (non-hydrogen) atoms. The molecular weight excluding hydrogens is 421 g/mol. The Bertz CT molecular complexity index is 674. The van der Waals surface area contributed by atoms with E-state index >= 15 is 0 Å². The average molecular weight is 448 g/mol. The highest BCUT2D eigenvalue weighted by molar-refractivity contribution is 8.13. The first kappa shape index (κ1) is 24.7. The molecule has 0 aromatic carbocycles. The summed E-state index contributed by atoms with van der Waals surface area (Å²) in [4.78, 5) is 18.2. The molecule has 1 aliphatic rings. The molecule has 0 bridgehead atoms. The van der Waals surface area contributed by atoms with Gasteiger partial charge in [0.1, 0.15) is 10.8 Å². The highest BCUT2D eigenvalue weighted by Crippen LogP contribution is 2.24. The Hall–Kier alpha value is -1.35. The number of ether oxygens (including phenoxy) is 1. The van der Waals surface area contributed by atoms with Crippen molar-refractivity contribution < 1.29 is 9.53 Å². The number of carbonyl (C=O) groups excluding carboxylic acids is 1. The van der Waals surface area contributed by atoms with E-state index in [2.05, 4.69) is 43.5 Å². The van der Waals surface area contributed by atoms with Crippen LogP contribution in [0, 0.1) is 0 Å². The summed E-state index contributed by atoms with van der Waals surface area (Å²) in [6.45, 7) is 13.3. The third-order valence-electron chi connectivity index (χ3n) is 3.58. The smallest absolute Gasteiger partial charge is 0.293 e. The standard InChI is InChI=1S/C13H17Cl2N5S.C5H10O2/c1-16-18-13(20-5-3-19(2)4-6-20)21-9-10-8-17-12(15)7-11(10)14;1-5(2,3)7-4-6/h7-8H,1,3-6,9H2,2H3;4H,1-3H3/b18-13-;. The molecule has 0 saturated carbocycles. The minimum absolute atomic E-state index is 0.318. The largest absolute Gasteiger partial charge is 0.462 e. The summed E-state index contributed by atoms with van der Waals surface area (Å²) in [6.07, 6.45) is 1.70. The molecule has 2 heterocycles. The normalized spacial score (nSPS) is 15.5. The average Bonchev–Trinajstić information content (AvgIpc) is 2.60.